The maximum absolute atomic E-state index is 13.1. The fraction of sp³-hybridized carbons (Fsp3) is 0.304. The Labute approximate surface area is 165 Å². The minimum absolute atomic E-state index is 0.0173. The third-order valence-corrected chi connectivity index (χ3v) is 5.51. The van der Waals surface area contributed by atoms with Gasteiger partial charge in [0.2, 0.25) is 0 Å². The SMILES string of the molecule is COc1ccc(-c2cc(C(=O)N(C)C3CCCC3)nn2-c2ccccc2)cc1. The molecule has 3 aromatic rings. The molecule has 0 radical (unpaired) electrons. The minimum atomic E-state index is -0.0173. The molecule has 0 aliphatic heterocycles. The Balaban J connectivity index is 1.74. The van der Waals surface area contributed by atoms with Gasteiger partial charge in [-0.3, -0.25) is 4.79 Å². The predicted octanol–water partition coefficient (Wildman–Crippen LogP) is 4.56. The first kappa shape index (κ1) is 18.3. The third kappa shape index (κ3) is 3.52. The summed E-state index contributed by atoms with van der Waals surface area (Å²) >= 11 is 0. The molecule has 4 rings (SSSR count). The van der Waals surface area contributed by atoms with Gasteiger partial charge >= 0.3 is 0 Å². The Kier molecular flexibility index (Phi) is 5.15. The van der Waals surface area contributed by atoms with E-state index in [-0.39, 0.29) is 5.91 Å². The number of amides is 1. The average molecular weight is 375 g/mol. The molecule has 144 valence electrons. The van der Waals surface area contributed by atoms with Gasteiger partial charge in [0.25, 0.3) is 5.91 Å². The van der Waals surface area contributed by atoms with E-state index >= 15 is 0 Å². The van der Waals surface area contributed by atoms with Gasteiger partial charge in [0.15, 0.2) is 5.69 Å². The lowest BCUT2D eigenvalue weighted by molar-refractivity contribution is 0.0728. The molecule has 0 unspecified atom stereocenters. The second-order valence-electron chi connectivity index (χ2n) is 7.25. The number of methoxy groups -OCH3 is 1. The van der Waals surface area contributed by atoms with Crippen LogP contribution in [0, 0.1) is 0 Å². The summed E-state index contributed by atoms with van der Waals surface area (Å²) in [4.78, 5) is 15.0. The lowest BCUT2D eigenvalue weighted by Crippen LogP contribution is -2.35. The predicted molar refractivity (Wildman–Crippen MR) is 110 cm³/mol. The molecule has 1 aliphatic rings. The number of nitrogens with zero attached hydrogens (tertiary/aromatic N) is 3. The first-order chi connectivity index (χ1) is 13.7. The maximum Gasteiger partial charge on any atom is 0.274 e. The number of aromatic nitrogens is 2. The van der Waals surface area contributed by atoms with E-state index in [4.69, 9.17) is 4.74 Å². The van der Waals surface area contributed by atoms with Gasteiger partial charge in [0.1, 0.15) is 5.75 Å². The van der Waals surface area contributed by atoms with Gasteiger partial charge in [-0.05, 0) is 55.3 Å². The molecule has 28 heavy (non-hydrogen) atoms. The monoisotopic (exact) mass is 375 g/mol. The molecule has 5 heteroatoms. The van der Waals surface area contributed by atoms with E-state index in [1.54, 1.807) is 7.11 Å². The number of ether oxygens (including phenoxy) is 1. The number of hydrogen-bond donors (Lipinski definition) is 0. The standard InChI is InChI=1S/C23H25N3O2/c1-25(18-8-6-7-9-18)23(27)21-16-22(17-12-14-20(28-2)15-13-17)26(24-21)19-10-4-3-5-11-19/h3-5,10-16,18H,6-9H2,1-2H3. The molecule has 0 atom stereocenters. The Morgan fingerprint density at radius 2 is 1.75 bits per heavy atom. The van der Waals surface area contributed by atoms with Crippen LogP contribution in [-0.4, -0.2) is 40.8 Å². The molecule has 5 nitrogen and oxygen atoms in total. The Morgan fingerprint density at radius 3 is 2.39 bits per heavy atom. The van der Waals surface area contributed by atoms with Crippen molar-refractivity contribution in [3.8, 4) is 22.7 Å². The Bertz CT molecular complexity index is 942. The fourth-order valence-corrected chi connectivity index (χ4v) is 3.86. The summed E-state index contributed by atoms with van der Waals surface area (Å²) < 4.78 is 7.11. The second-order valence-corrected chi connectivity index (χ2v) is 7.25. The number of carbonyl (C=O) groups is 1. The smallest absolute Gasteiger partial charge is 0.274 e. The van der Waals surface area contributed by atoms with E-state index in [1.165, 1.54) is 12.8 Å². The van der Waals surface area contributed by atoms with Gasteiger partial charge in [-0.25, -0.2) is 4.68 Å². The van der Waals surface area contributed by atoms with E-state index in [0.717, 1.165) is 35.5 Å². The van der Waals surface area contributed by atoms with E-state index < -0.39 is 0 Å². The molecular formula is C23H25N3O2. The van der Waals surface area contributed by atoms with E-state index in [2.05, 4.69) is 5.10 Å². The zero-order valence-corrected chi connectivity index (χ0v) is 16.3. The summed E-state index contributed by atoms with van der Waals surface area (Å²) in [6.07, 6.45) is 4.54. The molecule has 1 fully saturated rings. The molecule has 1 amide bonds. The van der Waals surface area contributed by atoms with Gasteiger partial charge in [-0.15, -0.1) is 0 Å². The Hall–Kier alpha value is -3.08. The van der Waals surface area contributed by atoms with Crippen molar-refractivity contribution in [2.75, 3.05) is 14.2 Å². The highest BCUT2D eigenvalue weighted by Gasteiger charge is 2.26. The molecule has 1 saturated carbocycles. The van der Waals surface area contributed by atoms with Crippen molar-refractivity contribution in [3.63, 3.8) is 0 Å². The highest BCUT2D eigenvalue weighted by Crippen LogP contribution is 2.28. The van der Waals surface area contributed by atoms with Crippen LogP contribution in [0.3, 0.4) is 0 Å². The van der Waals surface area contributed by atoms with Crippen LogP contribution >= 0.6 is 0 Å². The largest absolute Gasteiger partial charge is 0.497 e. The van der Waals surface area contributed by atoms with E-state index in [1.807, 2.05) is 77.3 Å². The molecular weight excluding hydrogens is 350 g/mol. The van der Waals surface area contributed by atoms with Crippen molar-refractivity contribution in [2.24, 2.45) is 0 Å². The van der Waals surface area contributed by atoms with Crippen LogP contribution in [-0.2, 0) is 0 Å². The lowest BCUT2D eigenvalue weighted by Gasteiger charge is -2.23. The molecule has 2 aromatic carbocycles. The fourth-order valence-electron chi connectivity index (χ4n) is 3.86. The molecule has 0 spiro atoms. The van der Waals surface area contributed by atoms with Gasteiger partial charge in [-0.1, -0.05) is 31.0 Å². The number of carbonyl (C=O) groups excluding carboxylic acids is 1. The van der Waals surface area contributed by atoms with E-state index in [9.17, 15) is 4.79 Å². The van der Waals surface area contributed by atoms with Crippen LogP contribution in [0.4, 0.5) is 0 Å². The second kappa shape index (κ2) is 7.89. The van der Waals surface area contributed by atoms with Crippen LogP contribution in [0.5, 0.6) is 5.75 Å². The number of rotatable bonds is 5. The zero-order chi connectivity index (χ0) is 19.5. The summed E-state index contributed by atoms with van der Waals surface area (Å²) in [5.41, 5.74) is 3.27. The molecule has 1 aromatic heterocycles. The highest BCUT2D eigenvalue weighted by molar-refractivity contribution is 5.93. The Morgan fingerprint density at radius 1 is 1.07 bits per heavy atom. The summed E-state index contributed by atoms with van der Waals surface area (Å²) in [6.45, 7) is 0. The molecule has 1 heterocycles. The summed E-state index contributed by atoms with van der Waals surface area (Å²) in [7, 11) is 3.55. The number of hydrogen-bond acceptors (Lipinski definition) is 3. The first-order valence-corrected chi connectivity index (χ1v) is 9.74. The van der Waals surface area contributed by atoms with E-state index in [0.29, 0.717) is 11.7 Å². The topological polar surface area (TPSA) is 47.4 Å². The van der Waals surface area contributed by atoms with Crippen LogP contribution in [0.2, 0.25) is 0 Å². The van der Waals surface area contributed by atoms with Gasteiger partial charge < -0.3 is 9.64 Å². The third-order valence-electron chi connectivity index (χ3n) is 5.51. The van der Waals surface area contributed by atoms with Crippen LogP contribution in [0.15, 0.2) is 60.7 Å². The normalized spacial score (nSPS) is 14.2. The average Bonchev–Trinajstić information content (AvgIpc) is 3.44. The summed E-state index contributed by atoms with van der Waals surface area (Å²) in [6, 6.07) is 19.9. The molecule has 0 bridgehead atoms. The zero-order valence-electron chi connectivity index (χ0n) is 16.3. The quantitative estimate of drug-likeness (QED) is 0.657. The van der Waals surface area contributed by atoms with Crippen molar-refractivity contribution < 1.29 is 9.53 Å². The molecule has 1 aliphatic carbocycles. The van der Waals surface area contributed by atoms with Crippen molar-refractivity contribution >= 4 is 5.91 Å². The lowest BCUT2D eigenvalue weighted by atomic mass is 10.1. The maximum atomic E-state index is 13.1. The van der Waals surface area contributed by atoms with Gasteiger partial charge in [-0.2, -0.15) is 5.10 Å². The molecule has 0 N–H and O–H groups in total. The summed E-state index contributed by atoms with van der Waals surface area (Å²) in [5, 5.41) is 4.69. The van der Waals surface area contributed by atoms with Crippen LogP contribution < -0.4 is 4.74 Å². The van der Waals surface area contributed by atoms with Crippen molar-refractivity contribution in [1.29, 1.82) is 0 Å². The van der Waals surface area contributed by atoms with Crippen LogP contribution in [0.1, 0.15) is 36.2 Å². The van der Waals surface area contributed by atoms with Crippen LogP contribution in [0.25, 0.3) is 16.9 Å². The first-order valence-electron chi connectivity index (χ1n) is 9.74. The number of benzene rings is 2. The van der Waals surface area contributed by atoms with Crippen molar-refractivity contribution in [1.82, 2.24) is 14.7 Å². The summed E-state index contributed by atoms with van der Waals surface area (Å²) in [5.74, 6) is 0.781. The highest BCUT2D eigenvalue weighted by atomic mass is 16.5. The van der Waals surface area contributed by atoms with Crippen molar-refractivity contribution in [3.05, 3.63) is 66.4 Å². The van der Waals surface area contributed by atoms with Gasteiger partial charge in [0, 0.05) is 18.7 Å². The van der Waals surface area contributed by atoms with Gasteiger partial charge in [0.05, 0.1) is 18.5 Å². The number of para-hydroxylation sites is 1. The molecule has 0 saturated heterocycles. The minimum Gasteiger partial charge on any atom is -0.497 e. The van der Waals surface area contributed by atoms with Crippen molar-refractivity contribution in [2.45, 2.75) is 31.7 Å².